The highest BCUT2D eigenvalue weighted by molar-refractivity contribution is 7.92. The van der Waals surface area contributed by atoms with Gasteiger partial charge >= 0.3 is 6.18 Å². The summed E-state index contributed by atoms with van der Waals surface area (Å²) in [5, 5.41) is 3.48. The summed E-state index contributed by atoms with van der Waals surface area (Å²) in [5.74, 6) is -0.456. The third kappa shape index (κ3) is 4.88. The van der Waals surface area contributed by atoms with Crippen LogP contribution in [0, 0.1) is 0 Å². The number of anilines is 2. The number of benzene rings is 3. The molecular weight excluding hydrogens is 479 g/mol. The Morgan fingerprint density at radius 3 is 2.37 bits per heavy atom. The van der Waals surface area contributed by atoms with Crippen LogP contribution in [0.5, 0.6) is 0 Å². The molecular formula is C25H22F3N3O3S. The van der Waals surface area contributed by atoms with Crippen molar-refractivity contribution < 1.29 is 26.4 Å². The number of carbonyl (C=O) groups excluding carboxylic acids is 1. The number of aromatic nitrogens is 1. The first kappa shape index (κ1) is 24.3. The van der Waals surface area contributed by atoms with Crippen LogP contribution < -0.4 is 9.62 Å². The molecule has 35 heavy (non-hydrogen) atoms. The quantitative estimate of drug-likeness (QED) is 0.392. The van der Waals surface area contributed by atoms with Crippen molar-refractivity contribution in [2.75, 3.05) is 22.9 Å². The van der Waals surface area contributed by atoms with E-state index in [1.54, 1.807) is 54.1 Å². The minimum atomic E-state index is -4.51. The average molecular weight is 502 g/mol. The maximum absolute atomic E-state index is 13.4. The molecule has 0 aliphatic heterocycles. The zero-order valence-electron chi connectivity index (χ0n) is 19.1. The van der Waals surface area contributed by atoms with Gasteiger partial charge in [-0.1, -0.05) is 36.4 Å². The van der Waals surface area contributed by atoms with Gasteiger partial charge in [0.05, 0.1) is 23.0 Å². The van der Waals surface area contributed by atoms with Crippen molar-refractivity contribution in [2.24, 2.45) is 7.05 Å². The van der Waals surface area contributed by atoms with Crippen LogP contribution in [0.4, 0.5) is 24.5 Å². The van der Waals surface area contributed by atoms with Crippen molar-refractivity contribution >= 4 is 38.2 Å². The van der Waals surface area contributed by atoms with Crippen LogP contribution in [0.15, 0.2) is 72.8 Å². The summed E-state index contributed by atoms with van der Waals surface area (Å²) in [7, 11) is -0.333. The predicted molar refractivity (Wildman–Crippen MR) is 131 cm³/mol. The number of carbonyl (C=O) groups is 1. The summed E-state index contributed by atoms with van der Waals surface area (Å²) in [6.07, 6.45) is -3.41. The Bertz CT molecular complexity index is 1540. The van der Waals surface area contributed by atoms with Crippen LogP contribution in [0.3, 0.4) is 0 Å². The summed E-state index contributed by atoms with van der Waals surface area (Å²) in [6.45, 7) is 0. The molecule has 0 bridgehead atoms. The van der Waals surface area contributed by atoms with Crippen LogP contribution in [-0.2, 0) is 23.2 Å². The smallest absolute Gasteiger partial charge is 0.340 e. The van der Waals surface area contributed by atoms with E-state index in [1.807, 2.05) is 0 Å². The molecule has 0 fully saturated rings. The zero-order chi connectivity index (χ0) is 25.5. The minimum Gasteiger partial charge on any atom is -0.340 e. The highest BCUT2D eigenvalue weighted by Crippen LogP contribution is 2.37. The monoisotopic (exact) mass is 501 g/mol. The topological polar surface area (TPSA) is 71.4 Å². The molecule has 4 rings (SSSR count). The Morgan fingerprint density at radius 2 is 1.69 bits per heavy atom. The second-order valence-electron chi connectivity index (χ2n) is 8.14. The number of hydrogen-bond donors (Lipinski definition) is 1. The fraction of sp³-hybridized carbons (Fsp3) is 0.160. The van der Waals surface area contributed by atoms with Gasteiger partial charge in [0.1, 0.15) is 5.69 Å². The molecule has 0 saturated heterocycles. The maximum atomic E-state index is 13.4. The SMILES string of the molecule is CN(c1ccc2cc(C(=O)Nc3cccc(-c4ccccc4C(F)(F)F)c3)n(C)c2c1)S(C)(=O)=O. The first-order valence-corrected chi connectivity index (χ1v) is 12.3. The molecule has 0 atom stereocenters. The van der Waals surface area contributed by atoms with Gasteiger partial charge < -0.3 is 9.88 Å². The molecule has 1 N–H and O–H groups in total. The van der Waals surface area contributed by atoms with Gasteiger partial charge in [0.15, 0.2) is 0 Å². The molecule has 10 heteroatoms. The van der Waals surface area contributed by atoms with E-state index in [4.69, 9.17) is 0 Å². The number of halogens is 3. The lowest BCUT2D eigenvalue weighted by molar-refractivity contribution is -0.137. The van der Waals surface area contributed by atoms with Gasteiger partial charge in [0.25, 0.3) is 5.91 Å². The fourth-order valence-corrected chi connectivity index (χ4v) is 4.36. The van der Waals surface area contributed by atoms with Gasteiger partial charge in [0, 0.05) is 25.2 Å². The third-order valence-corrected chi connectivity index (χ3v) is 6.99. The van der Waals surface area contributed by atoms with Gasteiger partial charge in [0.2, 0.25) is 10.0 Å². The van der Waals surface area contributed by atoms with Gasteiger partial charge in [-0.25, -0.2) is 8.42 Å². The average Bonchev–Trinajstić information content (AvgIpc) is 3.13. The van der Waals surface area contributed by atoms with Crippen molar-refractivity contribution in [3.05, 3.63) is 84.1 Å². The molecule has 6 nitrogen and oxygen atoms in total. The van der Waals surface area contributed by atoms with Gasteiger partial charge in [-0.3, -0.25) is 9.10 Å². The number of fused-ring (bicyclic) bond motifs is 1. The molecule has 0 saturated carbocycles. The number of aryl methyl sites for hydroxylation is 1. The van der Waals surface area contributed by atoms with Crippen LogP contribution >= 0.6 is 0 Å². The van der Waals surface area contributed by atoms with Crippen molar-refractivity contribution in [1.82, 2.24) is 4.57 Å². The van der Waals surface area contributed by atoms with Crippen LogP contribution in [0.1, 0.15) is 16.1 Å². The molecule has 0 aliphatic carbocycles. The van der Waals surface area contributed by atoms with E-state index in [2.05, 4.69) is 5.32 Å². The first-order chi connectivity index (χ1) is 16.4. The molecule has 1 amide bonds. The number of hydrogen-bond acceptors (Lipinski definition) is 3. The van der Waals surface area contributed by atoms with E-state index in [0.29, 0.717) is 28.1 Å². The number of amides is 1. The Kier molecular flexibility index (Phi) is 6.10. The van der Waals surface area contributed by atoms with E-state index in [-0.39, 0.29) is 5.56 Å². The lowest BCUT2D eigenvalue weighted by atomic mass is 9.99. The van der Waals surface area contributed by atoms with E-state index < -0.39 is 27.7 Å². The van der Waals surface area contributed by atoms with Crippen molar-refractivity contribution in [3.63, 3.8) is 0 Å². The summed E-state index contributed by atoms with van der Waals surface area (Å²) in [6, 6.07) is 18.2. The highest BCUT2D eigenvalue weighted by Gasteiger charge is 2.33. The third-order valence-electron chi connectivity index (χ3n) is 5.79. The molecule has 1 heterocycles. The Hall–Kier alpha value is -3.79. The normalized spacial score (nSPS) is 12.1. The number of rotatable bonds is 5. The number of nitrogens with zero attached hydrogens (tertiary/aromatic N) is 2. The van der Waals surface area contributed by atoms with Crippen molar-refractivity contribution in [2.45, 2.75) is 6.18 Å². The lowest BCUT2D eigenvalue weighted by Crippen LogP contribution is -2.24. The lowest BCUT2D eigenvalue weighted by Gasteiger charge is -2.16. The molecule has 182 valence electrons. The van der Waals surface area contributed by atoms with E-state index >= 15 is 0 Å². The molecule has 0 aliphatic rings. The Morgan fingerprint density at radius 1 is 0.971 bits per heavy atom. The number of sulfonamides is 1. The Labute approximate surface area is 200 Å². The standard InChI is InChI=1S/C25H22F3N3O3S/c1-30-22-15-19(31(2)35(3,33)34)12-11-17(22)14-23(30)24(32)29-18-8-6-7-16(13-18)20-9-4-5-10-21(20)25(26,27)28/h4-15H,1-3H3,(H,29,32). The molecule has 4 aromatic rings. The predicted octanol–water partition coefficient (Wildman–Crippen LogP) is 5.51. The minimum absolute atomic E-state index is 0.0169. The van der Waals surface area contributed by atoms with Crippen LogP contribution in [0.25, 0.3) is 22.0 Å². The Balaban J connectivity index is 1.65. The zero-order valence-corrected chi connectivity index (χ0v) is 19.9. The van der Waals surface area contributed by atoms with E-state index in [0.717, 1.165) is 22.0 Å². The number of nitrogens with one attached hydrogen (secondary N) is 1. The molecule has 0 unspecified atom stereocenters. The molecule has 0 radical (unpaired) electrons. The molecule has 3 aromatic carbocycles. The molecule has 0 spiro atoms. The van der Waals surface area contributed by atoms with Gasteiger partial charge in [-0.05, 0) is 47.5 Å². The van der Waals surface area contributed by atoms with Crippen LogP contribution in [0.2, 0.25) is 0 Å². The van der Waals surface area contributed by atoms with E-state index in [1.165, 1.54) is 31.3 Å². The molecule has 1 aromatic heterocycles. The van der Waals surface area contributed by atoms with Crippen LogP contribution in [-0.4, -0.2) is 32.2 Å². The summed E-state index contributed by atoms with van der Waals surface area (Å²) in [4.78, 5) is 13.0. The van der Waals surface area contributed by atoms with E-state index in [9.17, 15) is 26.4 Å². The second-order valence-corrected chi connectivity index (χ2v) is 10.2. The highest BCUT2D eigenvalue weighted by atomic mass is 32.2. The summed E-state index contributed by atoms with van der Waals surface area (Å²) < 4.78 is 66.8. The second kappa shape index (κ2) is 8.77. The summed E-state index contributed by atoms with van der Waals surface area (Å²) >= 11 is 0. The van der Waals surface area contributed by atoms with Gasteiger partial charge in [-0.15, -0.1) is 0 Å². The van der Waals surface area contributed by atoms with Crippen molar-refractivity contribution in [3.8, 4) is 11.1 Å². The number of alkyl halides is 3. The fourth-order valence-electron chi connectivity index (χ4n) is 3.87. The largest absolute Gasteiger partial charge is 0.417 e. The summed E-state index contributed by atoms with van der Waals surface area (Å²) in [5.41, 5.74) is 1.32. The van der Waals surface area contributed by atoms with Gasteiger partial charge in [-0.2, -0.15) is 13.2 Å². The van der Waals surface area contributed by atoms with Crippen molar-refractivity contribution in [1.29, 1.82) is 0 Å². The first-order valence-electron chi connectivity index (χ1n) is 10.5. The maximum Gasteiger partial charge on any atom is 0.417 e.